The number of hydrogen-bond acceptors (Lipinski definition) is 5. The Bertz CT molecular complexity index is 904. The molecular weight excluding hydrogens is 336 g/mol. The number of hydrogen-bond donors (Lipinski definition) is 1. The maximum Gasteiger partial charge on any atom is 0.330 e. The summed E-state index contributed by atoms with van der Waals surface area (Å²) < 4.78 is 8.69. The van der Waals surface area contributed by atoms with Crippen molar-refractivity contribution in [2.75, 3.05) is 0 Å². The summed E-state index contributed by atoms with van der Waals surface area (Å²) in [6.07, 6.45) is 5.35. The Morgan fingerprint density at radius 3 is 2.58 bits per heavy atom. The van der Waals surface area contributed by atoms with E-state index in [9.17, 15) is 14.4 Å². The van der Waals surface area contributed by atoms with E-state index < -0.39 is 11.2 Å². The first-order valence-corrected chi connectivity index (χ1v) is 9.45. The molecule has 2 aromatic heterocycles. The van der Waals surface area contributed by atoms with E-state index in [2.05, 4.69) is 9.97 Å². The van der Waals surface area contributed by atoms with Crippen molar-refractivity contribution >= 4 is 17.1 Å². The SMILES string of the molecule is CCCCn1c(=O)[nH]c(=O)c2c1nc(COC(=O)C1CCC1)n2CCC. The summed E-state index contributed by atoms with van der Waals surface area (Å²) >= 11 is 0. The molecule has 8 nitrogen and oxygen atoms in total. The van der Waals surface area contributed by atoms with Crippen molar-refractivity contribution in [1.29, 1.82) is 0 Å². The van der Waals surface area contributed by atoms with Crippen molar-refractivity contribution in [3.8, 4) is 0 Å². The predicted molar refractivity (Wildman–Crippen MR) is 96.9 cm³/mol. The highest BCUT2D eigenvalue weighted by atomic mass is 16.5. The zero-order chi connectivity index (χ0) is 18.7. The van der Waals surface area contributed by atoms with E-state index in [1.54, 1.807) is 4.57 Å². The lowest BCUT2D eigenvalue weighted by atomic mass is 9.86. The lowest BCUT2D eigenvalue weighted by Gasteiger charge is -2.23. The van der Waals surface area contributed by atoms with Crippen molar-refractivity contribution in [2.45, 2.75) is 72.1 Å². The number of aromatic amines is 1. The molecule has 0 amide bonds. The van der Waals surface area contributed by atoms with Gasteiger partial charge in [-0.2, -0.15) is 0 Å². The molecule has 0 radical (unpaired) electrons. The third-order valence-electron chi connectivity index (χ3n) is 4.93. The molecule has 1 aliphatic carbocycles. The molecule has 8 heteroatoms. The summed E-state index contributed by atoms with van der Waals surface area (Å²) in [6, 6.07) is 0. The molecule has 3 rings (SSSR count). The Balaban J connectivity index is 1.99. The number of carbonyl (C=O) groups is 1. The van der Waals surface area contributed by atoms with Crippen LogP contribution in [0.2, 0.25) is 0 Å². The van der Waals surface area contributed by atoms with Gasteiger partial charge >= 0.3 is 11.7 Å². The first-order valence-electron chi connectivity index (χ1n) is 9.45. The number of aromatic nitrogens is 4. The molecule has 1 fully saturated rings. The van der Waals surface area contributed by atoms with Crippen LogP contribution in [0.3, 0.4) is 0 Å². The second-order valence-corrected chi connectivity index (χ2v) is 6.85. The van der Waals surface area contributed by atoms with Crippen LogP contribution in [0.15, 0.2) is 9.59 Å². The number of esters is 1. The van der Waals surface area contributed by atoms with E-state index in [0.717, 1.165) is 38.5 Å². The summed E-state index contributed by atoms with van der Waals surface area (Å²) in [5.74, 6) is 0.296. The minimum Gasteiger partial charge on any atom is -0.457 e. The first kappa shape index (κ1) is 18.4. The van der Waals surface area contributed by atoms with Crippen molar-refractivity contribution < 1.29 is 9.53 Å². The first-order chi connectivity index (χ1) is 12.6. The van der Waals surface area contributed by atoms with Crippen LogP contribution in [0.25, 0.3) is 11.2 Å². The normalized spacial score (nSPS) is 14.5. The van der Waals surface area contributed by atoms with Crippen LogP contribution in [0.4, 0.5) is 0 Å². The number of imidazole rings is 1. The van der Waals surface area contributed by atoms with Crippen LogP contribution in [0, 0.1) is 5.92 Å². The number of ether oxygens (including phenoxy) is 1. The van der Waals surface area contributed by atoms with E-state index >= 15 is 0 Å². The third kappa shape index (κ3) is 3.45. The minimum atomic E-state index is -0.449. The van der Waals surface area contributed by atoms with E-state index in [0.29, 0.717) is 30.1 Å². The van der Waals surface area contributed by atoms with Gasteiger partial charge in [-0.05, 0) is 25.7 Å². The molecule has 1 saturated carbocycles. The monoisotopic (exact) mass is 362 g/mol. The molecule has 0 unspecified atom stereocenters. The Kier molecular flexibility index (Phi) is 5.58. The number of nitrogens with zero attached hydrogens (tertiary/aromatic N) is 3. The fraction of sp³-hybridized carbons (Fsp3) is 0.667. The fourth-order valence-electron chi connectivity index (χ4n) is 3.21. The van der Waals surface area contributed by atoms with Crippen molar-refractivity contribution in [1.82, 2.24) is 19.1 Å². The number of nitrogens with one attached hydrogen (secondary N) is 1. The average Bonchev–Trinajstić information content (AvgIpc) is 2.90. The zero-order valence-corrected chi connectivity index (χ0v) is 15.4. The maximum absolute atomic E-state index is 12.4. The molecule has 1 aliphatic rings. The van der Waals surface area contributed by atoms with E-state index in [1.807, 2.05) is 13.8 Å². The standard InChI is InChI=1S/C18H26N4O4/c1-3-5-10-22-15-14(16(23)20-18(22)25)21(9-4-2)13(19-15)11-26-17(24)12-7-6-8-12/h12H,3-11H2,1-2H3,(H,20,23,25). The molecule has 26 heavy (non-hydrogen) atoms. The van der Waals surface area contributed by atoms with Gasteiger partial charge in [0.2, 0.25) is 0 Å². The number of unbranched alkanes of at least 4 members (excludes halogenated alkanes) is 1. The topological polar surface area (TPSA) is 99.0 Å². The Hall–Kier alpha value is -2.38. The van der Waals surface area contributed by atoms with Gasteiger partial charge in [-0.1, -0.05) is 26.7 Å². The van der Waals surface area contributed by atoms with Gasteiger partial charge in [0.05, 0.1) is 5.92 Å². The third-order valence-corrected chi connectivity index (χ3v) is 4.93. The Labute approximate surface area is 151 Å². The fourth-order valence-corrected chi connectivity index (χ4v) is 3.21. The number of carbonyl (C=O) groups excluding carboxylic acids is 1. The molecule has 2 aromatic rings. The summed E-state index contributed by atoms with van der Waals surface area (Å²) in [7, 11) is 0. The zero-order valence-electron chi connectivity index (χ0n) is 15.4. The Morgan fingerprint density at radius 1 is 1.19 bits per heavy atom. The molecule has 2 heterocycles. The van der Waals surface area contributed by atoms with E-state index in [4.69, 9.17) is 4.74 Å². The van der Waals surface area contributed by atoms with E-state index in [1.165, 1.54) is 4.57 Å². The lowest BCUT2D eigenvalue weighted by Crippen LogP contribution is -2.31. The smallest absolute Gasteiger partial charge is 0.330 e. The van der Waals surface area contributed by atoms with Gasteiger partial charge in [-0.3, -0.25) is 19.1 Å². The van der Waals surface area contributed by atoms with Gasteiger partial charge in [0.1, 0.15) is 12.4 Å². The highest BCUT2D eigenvalue weighted by Crippen LogP contribution is 2.27. The van der Waals surface area contributed by atoms with Crippen molar-refractivity contribution in [2.24, 2.45) is 5.92 Å². The molecule has 0 aliphatic heterocycles. The molecule has 0 atom stereocenters. The number of aryl methyl sites for hydroxylation is 2. The Morgan fingerprint density at radius 2 is 1.96 bits per heavy atom. The summed E-state index contributed by atoms with van der Waals surface area (Å²) in [5.41, 5.74) is -0.155. The van der Waals surface area contributed by atoms with Crippen molar-refractivity contribution in [3.05, 3.63) is 26.7 Å². The summed E-state index contributed by atoms with van der Waals surface area (Å²) in [4.78, 5) is 43.5. The second kappa shape index (κ2) is 7.88. The number of rotatable bonds is 8. The number of fused-ring (bicyclic) bond motifs is 1. The van der Waals surface area contributed by atoms with Gasteiger partial charge in [0.15, 0.2) is 11.2 Å². The summed E-state index contributed by atoms with van der Waals surface area (Å²) in [6.45, 7) is 5.12. The minimum absolute atomic E-state index is 0.00913. The van der Waals surface area contributed by atoms with E-state index in [-0.39, 0.29) is 18.5 Å². The summed E-state index contributed by atoms with van der Waals surface area (Å²) in [5, 5.41) is 0. The largest absolute Gasteiger partial charge is 0.457 e. The van der Waals surface area contributed by atoms with Crippen LogP contribution in [0.1, 0.15) is 58.2 Å². The highest BCUT2D eigenvalue weighted by Gasteiger charge is 2.27. The second-order valence-electron chi connectivity index (χ2n) is 6.85. The van der Waals surface area contributed by atoms with Gasteiger partial charge in [-0.15, -0.1) is 0 Å². The molecule has 0 bridgehead atoms. The predicted octanol–water partition coefficient (Wildman–Crippen LogP) is 1.94. The van der Waals surface area contributed by atoms with Crippen LogP contribution < -0.4 is 11.2 Å². The van der Waals surface area contributed by atoms with Gasteiger partial charge in [-0.25, -0.2) is 9.78 Å². The van der Waals surface area contributed by atoms with Crippen molar-refractivity contribution in [3.63, 3.8) is 0 Å². The molecule has 142 valence electrons. The lowest BCUT2D eigenvalue weighted by molar-refractivity contribution is -0.153. The average molecular weight is 362 g/mol. The molecular formula is C18H26N4O4. The molecule has 0 spiro atoms. The molecule has 0 saturated heterocycles. The van der Waals surface area contributed by atoms with Gasteiger partial charge < -0.3 is 9.30 Å². The quantitative estimate of drug-likeness (QED) is 0.724. The molecule has 1 N–H and O–H groups in total. The van der Waals surface area contributed by atoms with Crippen LogP contribution in [-0.4, -0.2) is 25.1 Å². The molecule has 0 aromatic carbocycles. The highest BCUT2D eigenvalue weighted by molar-refractivity contribution is 5.73. The van der Waals surface area contributed by atoms with Gasteiger partial charge in [0, 0.05) is 13.1 Å². The van der Waals surface area contributed by atoms with Crippen LogP contribution >= 0.6 is 0 Å². The van der Waals surface area contributed by atoms with Crippen LogP contribution in [0.5, 0.6) is 0 Å². The maximum atomic E-state index is 12.4. The van der Waals surface area contributed by atoms with Gasteiger partial charge in [0.25, 0.3) is 5.56 Å². The van der Waals surface area contributed by atoms with Crippen LogP contribution in [-0.2, 0) is 29.2 Å². The number of H-pyrrole nitrogens is 1.